The lowest BCUT2D eigenvalue weighted by molar-refractivity contribution is 0.0524. The molecule has 5 heteroatoms. The maximum Gasteiger partial charge on any atom is 0.343 e. The monoisotopic (exact) mass is 393 g/mol. The van der Waals surface area contributed by atoms with Gasteiger partial charge in [-0.05, 0) is 38.0 Å². The summed E-state index contributed by atoms with van der Waals surface area (Å²) in [5, 5.41) is 0.556. The van der Waals surface area contributed by atoms with E-state index >= 15 is 0 Å². The molecule has 1 heterocycles. The summed E-state index contributed by atoms with van der Waals surface area (Å²) in [5.41, 5.74) is 0.706. The molecule has 0 radical (unpaired) electrons. The normalized spacial score (nSPS) is 11.2. The van der Waals surface area contributed by atoms with Gasteiger partial charge in [0.1, 0.15) is 5.56 Å². The number of carbonyl (C=O) groups is 1. The molecule has 0 spiro atoms. The number of pyridine rings is 1. The van der Waals surface area contributed by atoms with Crippen molar-refractivity contribution in [1.82, 2.24) is 4.57 Å². The van der Waals surface area contributed by atoms with Gasteiger partial charge in [0.25, 0.3) is 0 Å². The van der Waals surface area contributed by atoms with Crippen LogP contribution in [0.4, 0.5) is 0 Å². The van der Waals surface area contributed by atoms with Gasteiger partial charge in [-0.2, -0.15) is 0 Å². The predicted molar refractivity (Wildman–Crippen MR) is 101 cm³/mol. The van der Waals surface area contributed by atoms with Crippen LogP contribution in [0.5, 0.6) is 0 Å². The van der Waals surface area contributed by atoms with Crippen molar-refractivity contribution in [3.63, 3.8) is 0 Å². The van der Waals surface area contributed by atoms with Crippen LogP contribution in [0.25, 0.3) is 10.9 Å². The van der Waals surface area contributed by atoms with Crippen LogP contribution in [-0.4, -0.2) is 17.1 Å². The molecule has 0 saturated heterocycles. The van der Waals surface area contributed by atoms with Gasteiger partial charge in [0.15, 0.2) is 0 Å². The minimum absolute atomic E-state index is 0.115. The quantitative estimate of drug-likeness (QED) is 0.616. The lowest BCUT2D eigenvalue weighted by Gasteiger charge is -2.23. The van der Waals surface area contributed by atoms with E-state index in [1.165, 1.54) is 0 Å². The lowest BCUT2D eigenvalue weighted by Crippen LogP contribution is -2.22. The van der Waals surface area contributed by atoms with Gasteiger partial charge in [-0.1, -0.05) is 42.6 Å². The molecular formula is C19H24BrNO3. The zero-order valence-corrected chi connectivity index (χ0v) is 16.1. The summed E-state index contributed by atoms with van der Waals surface area (Å²) in [6, 6.07) is 5.81. The number of aromatic nitrogens is 1. The highest BCUT2D eigenvalue weighted by Gasteiger charge is 2.20. The predicted octanol–water partition coefficient (Wildman–Crippen LogP) is 5.08. The Morgan fingerprint density at radius 1 is 1.21 bits per heavy atom. The molecule has 1 aromatic carbocycles. The molecule has 0 bridgehead atoms. The minimum Gasteiger partial charge on any atom is -0.462 e. The molecule has 2 rings (SSSR count). The number of hydrogen-bond acceptors (Lipinski definition) is 3. The van der Waals surface area contributed by atoms with E-state index in [1.807, 2.05) is 12.1 Å². The highest BCUT2D eigenvalue weighted by atomic mass is 79.9. The van der Waals surface area contributed by atoms with Crippen LogP contribution in [0, 0.1) is 0 Å². The Hall–Kier alpha value is -1.62. The highest BCUT2D eigenvalue weighted by molar-refractivity contribution is 9.10. The maximum absolute atomic E-state index is 12.7. The molecule has 0 aliphatic carbocycles. The Balaban J connectivity index is 2.74. The maximum atomic E-state index is 12.7. The summed E-state index contributed by atoms with van der Waals surface area (Å²) in [7, 11) is 0. The number of rotatable bonds is 7. The second-order valence-electron chi connectivity index (χ2n) is 5.89. The van der Waals surface area contributed by atoms with Crippen molar-refractivity contribution >= 4 is 32.8 Å². The molecule has 0 saturated carbocycles. The van der Waals surface area contributed by atoms with Gasteiger partial charge in [0.05, 0.1) is 12.1 Å². The first-order valence-electron chi connectivity index (χ1n) is 8.54. The third-order valence-electron chi connectivity index (χ3n) is 4.13. The average Bonchev–Trinajstić information content (AvgIpc) is 2.55. The van der Waals surface area contributed by atoms with E-state index in [2.05, 4.69) is 34.3 Å². The van der Waals surface area contributed by atoms with Crippen molar-refractivity contribution in [2.75, 3.05) is 6.61 Å². The van der Waals surface area contributed by atoms with Crippen LogP contribution < -0.4 is 5.43 Å². The van der Waals surface area contributed by atoms with Gasteiger partial charge in [-0.25, -0.2) is 4.79 Å². The average molecular weight is 394 g/mol. The first-order valence-corrected chi connectivity index (χ1v) is 9.34. The lowest BCUT2D eigenvalue weighted by atomic mass is 10.0. The molecule has 0 fully saturated rings. The molecule has 1 aromatic heterocycles. The molecular weight excluding hydrogens is 370 g/mol. The second-order valence-corrected chi connectivity index (χ2v) is 6.81. The number of fused-ring (bicyclic) bond motifs is 1. The van der Waals surface area contributed by atoms with E-state index in [-0.39, 0.29) is 23.6 Å². The summed E-state index contributed by atoms with van der Waals surface area (Å²) in [4.78, 5) is 24.9. The molecule has 0 aliphatic heterocycles. The Morgan fingerprint density at radius 3 is 2.46 bits per heavy atom. The Kier molecular flexibility index (Phi) is 6.60. The topological polar surface area (TPSA) is 48.3 Å². The van der Waals surface area contributed by atoms with Crippen molar-refractivity contribution < 1.29 is 9.53 Å². The fourth-order valence-corrected chi connectivity index (χ4v) is 3.42. The molecule has 0 unspecified atom stereocenters. The molecule has 0 aliphatic rings. The summed E-state index contributed by atoms with van der Waals surface area (Å²) < 4.78 is 8.07. The third-order valence-corrected chi connectivity index (χ3v) is 4.62. The van der Waals surface area contributed by atoms with Crippen LogP contribution in [-0.2, 0) is 4.74 Å². The summed E-state index contributed by atoms with van der Waals surface area (Å²) in [6.45, 7) is 6.29. The van der Waals surface area contributed by atoms with E-state index in [4.69, 9.17) is 4.74 Å². The first-order chi connectivity index (χ1) is 11.5. The van der Waals surface area contributed by atoms with Gasteiger partial charge in [0.2, 0.25) is 5.43 Å². The molecule has 130 valence electrons. The number of carbonyl (C=O) groups excluding carboxylic acids is 1. The molecule has 0 N–H and O–H groups in total. The zero-order valence-electron chi connectivity index (χ0n) is 14.5. The fourth-order valence-electron chi connectivity index (χ4n) is 3.07. The van der Waals surface area contributed by atoms with Gasteiger partial charge >= 0.3 is 5.97 Å². The summed E-state index contributed by atoms with van der Waals surface area (Å²) in [5.74, 6) is -0.548. The standard InChI is InChI=1S/C19H24BrNO3/c1-4-7-14(8-5-2)21-12-16(19(23)24-6-3)18(22)15-10-9-13(20)11-17(15)21/h9-12,14H,4-8H2,1-3H3. The van der Waals surface area contributed by atoms with E-state index < -0.39 is 5.97 Å². The zero-order chi connectivity index (χ0) is 17.7. The fraction of sp³-hybridized carbons (Fsp3) is 0.474. The Labute approximate surface area is 150 Å². The van der Waals surface area contributed by atoms with Crippen LogP contribution in [0.2, 0.25) is 0 Å². The van der Waals surface area contributed by atoms with Crippen molar-refractivity contribution in [2.45, 2.75) is 52.5 Å². The molecule has 0 atom stereocenters. The van der Waals surface area contributed by atoms with Gasteiger partial charge < -0.3 is 9.30 Å². The minimum atomic E-state index is -0.548. The smallest absolute Gasteiger partial charge is 0.343 e. The van der Waals surface area contributed by atoms with Crippen LogP contribution >= 0.6 is 15.9 Å². The first kappa shape index (κ1) is 18.7. The number of nitrogens with zero attached hydrogens (tertiary/aromatic N) is 1. The van der Waals surface area contributed by atoms with E-state index in [1.54, 1.807) is 19.2 Å². The molecule has 24 heavy (non-hydrogen) atoms. The number of benzene rings is 1. The SMILES string of the molecule is CCCC(CCC)n1cc(C(=O)OCC)c(=O)c2ccc(Br)cc21. The van der Waals surface area contributed by atoms with Crippen molar-refractivity contribution in [3.8, 4) is 0 Å². The largest absolute Gasteiger partial charge is 0.462 e. The van der Waals surface area contributed by atoms with Crippen molar-refractivity contribution in [1.29, 1.82) is 0 Å². The molecule has 0 amide bonds. The summed E-state index contributed by atoms with van der Waals surface area (Å²) in [6.07, 6.45) is 5.77. The second kappa shape index (κ2) is 8.47. The number of esters is 1. The Morgan fingerprint density at radius 2 is 1.88 bits per heavy atom. The highest BCUT2D eigenvalue weighted by Crippen LogP contribution is 2.27. The molecule has 2 aromatic rings. The molecule has 4 nitrogen and oxygen atoms in total. The van der Waals surface area contributed by atoms with Crippen LogP contribution in [0.3, 0.4) is 0 Å². The van der Waals surface area contributed by atoms with Gasteiger partial charge in [0, 0.05) is 22.1 Å². The third kappa shape index (κ3) is 3.89. The van der Waals surface area contributed by atoms with E-state index in [0.29, 0.717) is 5.39 Å². The number of ether oxygens (including phenoxy) is 1. The number of halogens is 1. The van der Waals surface area contributed by atoms with Crippen LogP contribution in [0.1, 0.15) is 62.9 Å². The Bertz CT molecular complexity index is 776. The van der Waals surface area contributed by atoms with Crippen molar-refractivity contribution in [2.24, 2.45) is 0 Å². The van der Waals surface area contributed by atoms with Gasteiger partial charge in [-0.15, -0.1) is 0 Å². The van der Waals surface area contributed by atoms with Crippen molar-refractivity contribution in [3.05, 3.63) is 44.7 Å². The van der Waals surface area contributed by atoms with Crippen LogP contribution in [0.15, 0.2) is 33.7 Å². The van der Waals surface area contributed by atoms with Gasteiger partial charge in [-0.3, -0.25) is 4.79 Å². The number of hydrogen-bond donors (Lipinski definition) is 0. The van der Waals surface area contributed by atoms with E-state index in [0.717, 1.165) is 35.7 Å². The summed E-state index contributed by atoms with van der Waals surface area (Å²) >= 11 is 3.48. The van der Waals surface area contributed by atoms with E-state index in [9.17, 15) is 9.59 Å².